The van der Waals surface area contributed by atoms with Crippen LogP contribution in [0.5, 0.6) is 0 Å². The lowest BCUT2D eigenvalue weighted by atomic mass is 10.1. The smallest absolute Gasteiger partial charge is 0.356 e. The van der Waals surface area contributed by atoms with Crippen molar-refractivity contribution >= 4 is 11.9 Å². The molecule has 1 unspecified atom stereocenters. The Hall–Kier alpha value is -1.92. The molecule has 0 aliphatic rings. The van der Waals surface area contributed by atoms with Gasteiger partial charge in [-0.3, -0.25) is 4.79 Å². The summed E-state index contributed by atoms with van der Waals surface area (Å²) in [7, 11) is 1.31. The van der Waals surface area contributed by atoms with Gasteiger partial charge in [-0.05, 0) is 31.4 Å². The van der Waals surface area contributed by atoms with Crippen LogP contribution in [0.4, 0.5) is 0 Å². The van der Waals surface area contributed by atoms with Crippen molar-refractivity contribution in [2.24, 2.45) is 5.73 Å². The maximum absolute atomic E-state index is 11.5. The Morgan fingerprint density at radius 3 is 2.60 bits per heavy atom. The van der Waals surface area contributed by atoms with Gasteiger partial charge in [-0.25, -0.2) is 4.79 Å². The standard InChI is InChI=1S/C14H20N2O4/c1-19-14(18)12(15)9-5-6-10-16-20-13(17)11-7-3-2-4-8-11/h2-4,7-8,12,16H,5-6,9-10,15H2,1H3. The highest BCUT2D eigenvalue weighted by Crippen LogP contribution is 2.01. The minimum absolute atomic E-state index is 0.409. The molecule has 0 saturated heterocycles. The summed E-state index contributed by atoms with van der Waals surface area (Å²) in [5.41, 5.74) is 8.67. The number of nitrogens with two attached hydrogens (primary N) is 1. The molecule has 1 rings (SSSR count). The van der Waals surface area contributed by atoms with Crippen LogP contribution in [0.1, 0.15) is 29.6 Å². The maximum Gasteiger partial charge on any atom is 0.356 e. The van der Waals surface area contributed by atoms with Crippen LogP contribution in [0.25, 0.3) is 0 Å². The number of benzene rings is 1. The summed E-state index contributed by atoms with van der Waals surface area (Å²) in [6.07, 6.45) is 2.03. The molecule has 0 saturated carbocycles. The van der Waals surface area contributed by atoms with Crippen molar-refractivity contribution in [3.05, 3.63) is 35.9 Å². The third kappa shape index (κ3) is 5.81. The molecule has 0 spiro atoms. The normalized spacial score (nSPS) is 11.7. The second kappa shape index (κ2) is 9.06. The molecule has 0 heterocycles. The molecule has 1 atom stereocenters. The molecule has 0 radical (unpaired) electrons. The van der Waals surface area contributed by atoms with Gasteiger partial charge in [0.2, 0.25) is 0 Å². The number of hydrogen-bond acceptors (Lipinski definition) is 6. The minimum atomic E-state index is -0.591. The zero-order chi connectivity index (χ0) is 14.8. The van der Waals surface area contributed by atoms with Crippen molar-refractivity contribution in [2.75, 3.05) is 13.7 Å². The largest absolute Gasteiger partial charge is 0.468 e. The van der Waals surface area contributed by atoms with E-state index in [-0.39, 0.29) is 0 Å². The third-order valence-corrected chi connectivity index (χ3v) is 2.72. The van der Waals surface area contributed by atoms with E-state index in [0.717, 1.165) is 12.8 Å². The number of carbonyl (C=O) groups is 2. The number of nitrogens with one attached hydrogen (secondary N) is 1. The van der Waals surface area contributed by atoms with Crippen LogP contribution >= 0.6 is 0 Å². The highest BCUT2D eigenvalue weighted by molar-refractivity contribution is 5.89. The molecule has 3 N–H and O–H groups in total. The summed E-state index contributed by atoms with van der Waals surface area (Å²) < 4.78 is 4.52. The van der Waals surface area contributed by atoms with Crippen LogP contribution in [0.3, 0.4) is 0 Å². The first-order chi connectivity index (χ1) is 9.65. The van der Waals surface area contributed by atoms with Crippen molar-refractivity contribution in [3.63, 3.8) is 0 Å². The van der Waals surface area contributed by atoms with Crippen LogP contribution in [-0.2, 0) is 14.4 Å². The highest BCUT2D eigenvalue weighted by atomic mass is 16.7. The molecule has 110 valence electrons. The molecule has 0 bridgehead atoms. The van der Waals surface area contributed by atoms with E-state index in [1.54, 1.807) is 24.3 Å². The molecule has 6 nitrogen and oxygen atoms in total. The summed E-state index contributed by atoms with van der Waals surface area (Å²) in [6, 6.07) is 8.13. The highest BCUT2D eigenvalue weighted by Gasteiger charge is 2.12. The van der Waals surface area contributed by atoms with Crippen molar-refractivity contribution in [3.8, 4) is 0 Å². The number of hydroxylamine groups is 1. The van der Waals surface area contributed by atoms with Gasteiger partial charge in [0.15, 0.2) is 0 Å². The Kier molecular flexibility index (Phi) is 7.31. The molecular weight excluding hydrogens is 260 g/mol. The fourth-order valence-electron chi connectivity index (χ4n) is 1.58. The van der Waals surface area contributed by atoms with Gasteiger partial charge in [0.25, 0.3) is 0 Å². The predicted octanol–water partition coefficient (Wildman–Crippen LogP) is 1.02. The molecule has 0 amide bonds. The Morgan fingerprint density at radius 1 is 1.25 bits per heavy atom. The van der Waals surface area contributed by atoms with Gasteiger partial charge in [-0.1, -0.05) is 18.2 Å². The first-order valence-corrected chi connectivity index (χ1v) is 6.47. The van der Waals surface area contributed by atoms with Gasteiger partial charge in [-0.2, -0.15) is 5.48 Å². The van der Waals surface area contributed by atoms with Gasteiger partial charge in [0.05, 0.1) is 12.7 Å². The lowest BCUT2D eigenvalue weighted by Gasteiger charge is -2.09. The summed E-state index contributed by atoms with van der Waals surface area (Å²) >= 11 is 0. The predicted molar refractivity (Wildman–Crippen MR) is 73.7 cm³/mol. The Balaban J connectivity index is 2.08. The number of methoxy groups -OCH3 is 1. The number of rotatable bonds is 8. The van der Waals surface area contributed by atoms with Crippen molar-refractivity contribution in [1.82, 2.24) is 5.48 Å². The van der Waals surface area contributed by atoms with Gasteiger partial charge in [0.1, 0.15) is 6.04 Å². The molecule has 1 aromatic carbocycles. The van der Waals surface area contributed by atoms with Gasteiger partial charge in [-0.15, -0.1) is 0 Å². The lowest BCUT2D eigenvalue weighted by molar-refractivity contribution is -0.142. The Morgan fingerprint density at radius 2 is 1.95 bits per heavy atom. The summed E-state index contributed by atoms with van der Waals surface area (Å²) in [5, 5.41) is 0. The van der Waals surface area contributed by atoms with E-state index in [9.17, 15) is 9.59 Å². The van der Waals surface area contributed by atoms with Gasteiger partial charge in [0, 0.05) is 6.54 Å². The van der Waals surface area contributed by atoms with Crippen LogP contribution in [-0.4, -0.2) is 31.6 Å². The quantitative estimate of drug-likeness (QED) is 0.420. The maximum atomic E-state index is 11.5. The van der Waals surface area contributed by atoms with E-state index in [1.807, 2.05) is 6.07 Å². The van der Waals surface area contributed by atoms with E-state index in [2.05, 4.69) is 10.2 Å². The van der Waals surface area contributed by atoms with Crippen LogP contribution < -0.4 is 11.2 Å². The minimum Gasteiger partial charge on any atom is -0.468 e. The van der Waals surface area contributed by atoms with Crippen molar-refractivity contribution in [2.45, 2.75) is 25.3 Å². The number of unbranched alkanes of at least 4 members (excludes halogenated alkanes) is 1. The lowest BCUT2D eigenvalue weighted by Crippen LogP contribution is -2.31. The summed E-state index contributed by atoms with van der Waals surface area (Å²) in [6.45, 7) is 0.506. The van der Waals surface area contributed by atoms with E-state index >= 15 is 0 Å². The number of esters is 1. The molecule has 0 aliphatic heterocycles. The Bertz CT molecular complexity index is 422. The zero-order valence-corrected chi connectivity index (χ0v) is 11.5. The monoisotopic (exact) mass is 280 g/mol. The zero-order valence-electron chi connectivity index (χ0n) is 11.5. The first kappa shape index (κ1) is 16.1. The summed E-state index contributed by atoms with van der Waals surface area (Å²) in [4.78, 5) is 27.5. The molecule has 0 fully saturated rings. The van der Waals surface area contributed by atoms with Crippen molar-refractivity contribution < 1.29 is 19.2 Å². The molecule has 0 aromatic heterocycles. The van der Waals surface area contributed by atoms with Gasteiger partial charge < -0.3 is 15.3 Å². The van der Waals surface area contributed by atoms with E-state index < -0.39 is 18.0 Å². The van der Waals surface area contributed by atoms with E-state index in [1.165, 1.54) is 7.11 Å². The average molecular weight is 280 g/mol. The molecular formula is C14H20N2O4. The SMILES string of the molecule is COC(=O)C(N)CCCCNOC(=O)c1ccccc1. The van der Waals surface area contributed by atoms with Crippen LogP contribution in [0.15, 0.2) is 30.3 Å². The molecule has 6 heteroatoms. The second-order valence-corrected chi connectivity index (χ2v) is 4.28. The topological polar surface area (TPSA) is 90.7 Å². The Labute approximate surface area is 118 Å². The van der Waals surface area contributed by atoms with Crippen LogP contribution in [0.2, 0.25) is 0 Å². The van der Waals surface area contributed by atoms with Gasteiger partial charge >= 0.3 is 11.9 Å². The van der Waals surface area contributed by atoms with E-state index in [4.69, 9.17) is 10.6 Å². The van der Waals surface area contributed by atoms with E-state index in [0.29, 0.717) is 18.5 Å². The first-order valence-electron chi connectivity index (χ1n) is 6.47. The third-order valence-electron chi connectivity index (χ3n) is 2.72. The average Bonchev–Trinajstić information content (AvgIpc) is 2.50. The molecule has 1 aromatic rings. The molecule has 0 aliphatic carbocycles. The van der Waals surface area contributed by atoms with Crippen LogP contribution in [0, 0.1) is 0 Å². The fraction of sp³-hybridized carbons (Fsp3) is 0.429. The number of ether oxygens (including phenoxy) is 1. The van der Waals surface area contributed by atoms with Crippen molar-refractivity contribution in [1.29, 1.82) is 0 Å². The summed E-state index contributed by atoms with van der Waals surface area (Å²) in [5.74, 6) is -0.828. The fourth-order valence-corrected chi connectivity index (χ4v) is 1.58. The molecule has 20 heavy (non-hydrogen) atoms. The second-order valence-electron chi connectivity index (χ2n) is 4.28. The number of carbonyl (C=O) groups excluding carboxylic acids is 2. The number of hydrogen-bond donors (Lipinski definition) is 2.